The summed E-state index contributed by atoms with van der Waals surface area (Å²) in [6.45, 7) is 0. The zero-order valence-electron chi connectivity index (χ0n) is 17.4. The zero-order valence-corrected chi connectivity index (χ0v) is 18.3. The van der Waals surface area contributed by atoms with E-state index in [0.29, 0.717) is 25.1 Å². The third-order valence-electron chi connectivity index (χ3n) is 5.56. The topological polar surface area (TPSA) is 71.5 Å². The molecule has 4 aromatic rings. The van der Waals surface area contributed by atoms with Crippen LogP contribution in [0.3, 0.4) is 0 Å². The number of aromatic amines is 1. The van der Waals surface area contributed by atoms with Gasteiger partial charge in [-0.25, -0.2) is 0 Å². The molecule has 0 radical (unpaired) electrons. The van der Waals surface area contributed by atoms with Gasteiger partial charge in [0.1, 0.15) is 29.0 Å². The van der Waals surface area contributed by atoms with Gasteiger partial charge < -0.3 is 0 Å². The van der Waals surface area contributed by atoms with Crippen molar-refractivity contribution in [2.75, 3.05) is 6.16 Å². The Hall–Kier alpha value is -3.17. The van der Waals surface area contributed by atoms with Crippen molar-refractivity contribution in [3.05, 3.63) is 96.8 Å². The van der Waals surface area contributed by atoms with Crippen molar-refractivity contribution in [1.29, 1.82) is 0 Å². The van der Waals surface area contributed by atoms with Gasteiger partial charge in [-0.2, -0.15) is 5.21 Å². The van der Waals surface area contributed by atoms with Crippen molar-refractivity contribution >= 4 is 29.0 Å². The van der Waals surface area contributed by atoms with Crippen LogP contribution >= 0.6 is 7.26 Å². The number of H-pyrrole nitrogens is 1. The van der Waals surface area contributed by atoms with Crippen LogP contribution in [-0.2, 0) is 11.2 Å². The van der Waals surface area contributed by atoms with Gasteiger partial charge in [-0.05, 0) is 42.8 Å². The molecule has 0 spiro atoms. The first-order chi connectivity index (χ1) is 15.3. The molecule has 1 aromatic heterocycles. The average molecular weight is 429 g/mol. The molecule has 3 aromatic carbocycles. The molecule has 6 heteroatoms. The highest BCUT2D eigenvalue weighted by molar-refractivity contribution is 7.95. The van der Waals surface area contributed by atoms with Gasteiger partial charge in [0, 0.05) is 19.3 Å². The van der Waals surface area contributed by atoms with Crippen LogP contribution < -0.4 is 15.9 Å². The molecule has 0 aliphatic heterocycles. The van der Waals surface area contributed by atoms with Gasteiger partial charge in [-0.3, -0.25) is 4.79 Å². The molecular weight excluding hydrogens is 403 g/mol. The van der Waals surface area contributed by atoms with Crippen molar-refractivity contribution in [3.8, 4) is 0 Å². The number of aryl methyl sites for hydroxylation is 1. The van der Waals surface area contributed by atoms with Crippen LogP contribution in [0.1, 0.15) is 25.1 Å². The van der Waals surface area contributed by atoms with E-state index in [1.165, 1.54) is 15.9 Å². The summed E-state index contributed by atoms with van der Waals surface area (Å²) in [5.74, 6) is 0.947. The fraction of sp³-hybridized carbons (Fsp3) is 0.200. The van der Waals surface area contributed by atoms with Crippen LogP contribution in [-0.4, -0.2) is 32.6 Å². The number of aromatic nitrogens is 4. The van der Waals surface area contributed by atoms with Crippen molar-refractivity contribution < 1.29 is 4.79 Å². The van der Waals surface area contributed by atoms with Crippen LogP contribution in [0, 0.1) is 0 Å². The summed E-state index contributed by atoms with van der Waals surface area (Å²) in [4.78, 5) is 12.9. The maximum atomic E-state index is 12.9. The predicted molar refractivity (Wildman–Crippen MR) is 127 cm³/mol. The van der Waals surface area contributed by atoms with E-state index in [4.69, 9.17) is 0 Å². The number of rotatable bonds is 10. The van der Waals surface area contributed by atoms with E-state index < -0.39 is 7.26 Å². The monoisotopic (exact) mass is 429 g/mol. The molecule has 4 rings (SSSR count). The van der Waals surface area contributed by atoms with Crippen LogP contribution in [0.15, 0.2) is 91.0 Å². The lowest BCUT2D eigenvalue weighted by atomic mass is 10.1. The molecule has 5 nitrogen and oxygen atoms in total. The molecule has 0 saturated carbocycles. The van der Waals surface area contributed by atoms with Crippen molar-refractivity contribution in [1.82, 2.24) is 20.6 Å². The van der Waals surface area contributed by atoms with Gasteiger partial charge in [0.2, 0.25) is 0 Å². The Balaban J connectivity index is 1.61. The molecular formula is C25H26N4OP+. The SMILES string of the molecule is O=C(CCCc1nn[nH]n1)CC[P+](c1ccccc1)(c1ccccc1)c1ccccc1. The molecule has 0 atom stereocenters. The molecule has 156 valence electrons. The molecule has 31 heavy (non-hydrogen) atoms. The largest absolute Gasteiger partial charge is 0.300 e. The lowest BCUT2D eigenvalue weighted by Gasteiger charge is -2.27. The minimum absolute atomic E-state index is 0.288. The van der Waals surface area contributed by atoms with Crippen molar-refractivity contribution in [2.45, 2.75) is 25.7 Å². The number of hydrogen-bond donors (Lipinski definition) is 1. The number of nitrogens with zero attached hydrogens (tertiary/aromatic N) is 3. The van der Waals surface area contributed by atoms with E-state index in [2.05, 4.69) is 112 Å². The Morgan fingerprint density at radius 1 is 0.742 bits per heavy atom. The van der Waals surface area contributed by atoms with Crippen LogP contribution in [0.2, 0.25) is 0 Å². The molecule has 1 heterocycles. The smallest absolute Gasteiger partial charge is 0.174 e. The first kappa shape index (κ1) is 21.1. The molecule has 0 saturated heterocycles. The van der Waals surface area contributed by atoms with E-state index in [-0.39, 0.29) is 5.78 Å². The van der Waals surface area contributed by atoms with E-state index in [0.717, 1.165) is 12.6 Å². The minimum atomic E-state index is -1.95. The Kier molecular flexibility index (Phi) is 6.96. The summed E-state index contributed by atoms with van der Waals surface area (Å²) in [5.41, 5.74) is 0. The number of carbonyl (C=O) groups excluding carboxylic acids is 1. The second kappa shape index (κ2) is 10.2. The van der Waals surface area contributed by atoms with E-state index in [1.807, 2.05) is 0 Å². The quantitative estimate of drug-likeness (QED) is 0.392. The highest BCUT2D eigenvalue weighted by Crippen LogP contribution is 2.55. The number of benzene rings is 3. The molecule has 0 amide bonds. The Bertz CT molecular complexity index is 974. The number of ketones is 1. The summed E-state index contributed by atoms with van der Waals surface area (Å²) < 4.78 is 0. The van der Waals surface area contributed by atoms with Gasteiger partial charge in [-0.15, -0.1) is 10.2 Å². The summed E-state index contributed by atoms with van der Waals surface area (Å²) in [6, 6.07) is 32.1. The van der Waals surface area contributed by atoms with Gasteiger partial charge in [-0.1, -0.05) is 59.8 Å². The number of tetrazole rings is 1. The first-order valence-corrected chi connectivity index (χ1v) is 12.6. The standard InChI is InChI=1S/C25H26N4OP/c30-21(11-10-18-25-26-28-29-27-25)19-20-31(22-12-4-1-5-13-22,23-14-6-2-7-15-23)24-16-8-3-9-17-24/h1-9,12-17H,10-11,18-20H2,(H,26,27,28,29)/q+1. The molecule has 0 aliphatic rings. The average Bonchev–Trinajstić information content (AvgIpc) is 3.35. The summed E-state index contributed by atoms with van der Waals surface area (Å²) in [6.07, 6.45) is 3.32. The van der Waals surface area contributed by atoms with E-state index >= 15 is 0 Å². The number of hydrogen-bond acceptors (Lipinski definition) is 4. The van der Waals surface area contributed by atoms with Crippen LogP contribution in [0.25, 0.3) is 0 Å². The highest BCUT2D eigenvalue weighted by atomic mass is 31.2. The first-order valence-electron chi connectivity index (χ1n) is 10.6. The van der Waals surface area contributed by atoms with E-state index in [9.17, 15) is 4.79 Å². The number of Topliss-reactive ketones (excluding diaryl/α,β-unsaturated/α-hetero) is 1. The summed E-state index contributed by atoms with van der Waals surface area (Å²) in [5, 5.41) is 17.9. The third kappa shape index (κ3) is 4.95. The van der Waals surface area contributed by atoms with Gasteiger partial charge in [0.05, 0.1) is 6.16 Å². The summed E-state index contributed by atoms with van der Waals surface area (Å²) in [7, 11) is -1.95. The van der Waals surface area contributed by atoms with Gasteiger partial charge >= 0.3 is 0 Å². The minimum Gasteiger partial charge on any atom is -0.300 e. The number of carbonyl (C=O) groups is 1. The highest BCUT2D eigenvalue weighted by Gasteiger charge is 2.45. The van der Waals surface area contributed by atoms with Crippen LogP contribution in [0.5, 0.6) is 0 Å². The maximum absolute atomic E-state index is 12.9. The third-order valence-corrected chi connectivity index (χ3v) is 10.00. The maximum Gasteiger partial charge on any atom is 0.174 e. The van der Waals surface area contributed by atoms with Crippen molar-refractivity contribution in [3.63, 3.8) is 0 Å². The lowest BCUT2D eigenvalue weighted by Crippen LogP contribution is -2.34. The molecule has 0 fully saturated rings. The zero-order chi connectivity index (χ0) is 21.4. The van der Waals surface area contributed by atoms with Gasteiger partial charge in [0.15, 0.2) is 5.82 Å². The Morgan fingerprint density at radius 3 is 1.71 bits per heavy atom. The van der Waals surface area contributed by atoms with Gasteiger partial charge in [0.25, 0.3) is 0 Å². The fourth-order valence-corrected chi connectivity index (χ4v) is 8.33. The molecule has 0 unspecified atom stereocenters. The lowest BCUT2D eigenvalue weighted by molar-refractivity contribution is -0.118. The number of nitrogens with one attached hydrogen (secondary N) is 1. The molecule has 0 aliphatic carbocycles. The second-order valence-electron chi connectivity index (χ2n) is 7.51. The fourth-order valence-electron chi connectivity index (χ4n) is 4.03. The van der Waals surface area contributed by atoms with E-state index in [1.54, 1.807) is 0 Å². The Labute approximate surface area is 183 Å². The predicted octanol–water partition coefficient (Wildman–Crippen LogP) is 3.48. The molecule has 0 bridgehead atoms. The van der Waals surface area contributed by atoms with Crippen molar-refractivity contribution in [2.24, 2.45) is 0 Å². The van der Waals surface area contributed by atoms with Crippen LogP contribution in [0.4, 0.5) is 0 Å². The molecule has 1 N–H and O–H groups in total. The normalized spacial score (nSPS) is 11.4. The Morgan fingerprint density at radius 2 is 1.26 bits per heavy atom. The second-order valence-corrected chi connectivity index (χ2v) is 11.1. The summed E-state index contributed by atoms with van der Waals surface area (Å²) >= 11 is 0.